The van der Waals surface area contributed by atoms with E-state index in [1.807, 2.05) is 25.7 Å². The first-order valence-corrected chi connectivity index (χ1v) is 6.88. The molecule has 0 saturated carbocycles. The number of carbonyl (C=O) groups excluding carboxylic acids is 1. The van der Waals surface area contributed by atoms with Crippen LogP contribution in [-0.2, 0) is 4.74 Å². The number of hydrogen-bond donors (Lipinski definition) is 0. The fourth-order valence-electron chi connectivity index (χ4n) is 3.13. The van der Waals surface area contributed by atoms with Crippen molar-refractivity contribution >= 4 is 6.09 Å². The van der Waals surface area contributed by atoms with Gasteiger partial charge in [0, 0.05) is 18.0 Å². The summed E-state index contributed by atoms with van der Waals surface area (Å²) >= 11 is 0. The van der Waals surface area contributed by atoms with Crippen LogP contribution in [0.1, 0.15) is 52.9 Å². The van der Waals surface area contributed by atoms with E-state index in [1.165, 1.54) is 6.42 Å². The van der Waals surface area contributed by atoms with Crippen molar-refractivity contribution < 1.29 is 9.53 Å². The molecule has 1 amide bonds. The summed E-state index contributed by atoms with van der Waals surface area (Å²) in [5, 5.41) is 0. The lowest BCUT2D eigenvalue weighted by atomic mass is 9.79. The highest BCUT2D eigenvalue weighted by molar-refractivity contribution is 5.69. The number of terminal acetylenes is 1. The number of rotatable bonds is 0. The SMILES string of the molecule is C#CC1CC2CCC[C@H](C1)N2C(=O)OC(C)(C)C. The molecule has 3 atom stereocenters. The van der Waals surface area contributed by atoms with E-state index in [1.54, 1.807) is 0 Å². The summed E-state index contributed by atoms with van der Waals surface area (Å²) in [6.07, 6.45) is 10.6. The van der Waals surface area contributed by atoms with Gasteiger partial charge in [-0.2, -0.15) is 0 Å². The van der Waals surface area contributed by atoms with Crippen molar-refractivity contribution in [1.29, 1.82) is 0 Å². The molecule has 2 heterocycles. The van der Waals surface area contributed by atoms with Crippen LogP contribution in [0.25, 0.3) is 0 Å². The van der Waals surface area contributed by atoms with Crippen LogP contribution in [0.4, 0.5) is 4.79 Å². The Hall–Kier alpha value is -1.17. The molecule has 0 radical (unpaired) electrons. The predicted octanol–water partition coefficient (Wildman–Crippen LogP) is 3.19. The number of piperidine rings is 2. The number of hydrogen-bond acceptors (Lipinski definition) is 2. The van der Waals surface area contributed by atoms with Gasteiger partial charge in [-0.15, -0.1) is 12.3 Å². The second-order valence-electron chi connectivity index (χ2n) is 6.46. The van der Waals surface area contributed by atoms with Crippen LogP contribution >= 0.6 is 0 Å². The van der Waals surface area contributed by atoms with Crippen LogP contribution in [0.2, 0.25) is 0 Å². The highest BCUT2D eigenvalue weighted by Crippen LogP contribution is 2.37. The molecule has 3 heteroatoms. The van der Waals surface area contributed by atoms with Crippen molar-refractivity contribution in [3.05, 3.63) is 0 Å². The summed E-state index contributed by atoms with van der Waals surface area (Å²) < 4.78 is 5.52. The Morgan fingerprint density at radius 3 is 2.28 bits per heavy atom. The molecule has 2 unspecified atom stereocenters. The van der Waals surface area contributed by atoms with Gasteiger partial charge >= 0.3 is 6.09 Å². The van der Waals surface area contributed by atoms with E-state index in [0.717, 1.165) is 25.7 Å². The van der Waals surface area contributed by atoms with E-state index >= 15 is 0 Å². The Kier molecular flexibility index (Phi) is 3.56. The molecule has 100 valence electrons. The standard InChI is InChI=1S/C15H23NO2/c1-5-11-9-12-7-6-8-13(10-11)16(12)14(17)18-15(2,3)4/h1,11-13H,6-10H2,2-4H3/t11?,12-,13?/m1/s1. The Labute approximate surface area is 110 Å². The van der Waals surface area contributed by atoms with Gasteiger partial charge < -0.3 is 9.64 Å². The zero-order valence-corrected chi connectivity index (χ0v) is 11.6. The monoisotopic (exact) mass is 249 g/mol. The molecule has 0 aromatic rings. The van der Waals surface area contributed by atoms with Gasteiger partial charge in [-0.1, -0.05) is 0 Å². The third-order valence-electron chi connectivity index (χ3n) is 3.81. The van der Waals surface area contributed by atoms with Crippen LogP contribution in [0, 0.1) is 18.3 Å². The van der Waals surface area contributed by atoms with Crippen LogP contribution in [0.15, 0.2) is 0 Å². The summed E-state index contributed by atoms with van der Waals surface area (Å²) in [5.41, 5.74) is -0.422. The van der Waals surface area contributed by atoms with Crippen LogP contribution in [0.3, 0.4) is 0 Å². The van der Waals surface area contributed by atoms with E-state index in [9.17, 15) is 4.79 Å². The molecule has 2 fully saturated rings. The fourth-order valence-corrected chi connectivity index (χ4v) is 3.13. The van der Waals surface area contributed by atoms with Gasteiger partial charge in [0.25, 0.3) is 0 Å². The normalized spacial score (nSPS) is 31.7. The molecule has 0 aromatic carbocycles. The molecule has 2 rings (SSSR count). The van der Waals surface area contributed by atoms with Gasteiger partial charge in [0.05, 0.1) is 0 Å². The maximum absolute atomic E-state index is 12.3. The Morgan fingerprint density at radius 1 is 1.28 bits per heavy atom. The highest BCUT2D eigenvalue weighted by atomic mass is 16.6. The van der Waals surface area contributed by atoms with Crippen molar-refractivity contribution in [1.82, 2.24) is 4.90 Å². The third kappa shape index (κ3) is 2.80. The first-order chi connectivity index (χ1) is 8.40. The molecular weight excluding hydrogens is 226 g/mol. The molecule has 18 heavy (non-hydrogen) atoms. The summed E-state index contributed by atoms with van der Waals surface area (Å²) in [4.78, 5) is 14.2. The maximum Gasteiger partial charge on any atom is 0.410 e. The number of ether oxygens (including phenoxy) is 1. The molecule has 0 N–H and O–H groups in total. The van der Waals surface area contributed by atoms with Crippen LogP contribution < -0.4 is 0 Å². The average Bonchev–Trinajstić information content (AvgIpc) is 2.24. The summed E-state index contributed by atoms with van der Waals surface area (Å²) in [6, 6.07) is 0.571. The van der Waals surface area contributed by atoms with Crippen LogP contribution in [0.5, 0.6) is 0 Å². The third-order valence-corrected chi connectivity index (χ3v) is 3.81. The first-order valence-electron chi connectivity index (χ1n) is 6.88. The fraction of sp³-hybridized carbons (Fsp3) is 0.800. The zero-order chi connectivity index (χ0) is 13.3. The number of fused-ring (bicyclic) bond motifs is 2. The molecule has 3 nitrogen and oxygen atoms in total. The quantitative estimate of drug-likeness (QED) is 0.617. The zero-order valence-electron chi connectivity index (χ0n) is 11.6. The van der Waals surface area contributed by atoms with E-state index in [-0.39, 0.29) is 18.2 Å². The Bertz CT molecular complexity index is 350. The van der Waals surface area contributed by atoms with E-state index in [2.05, 4.69) is 5.92 Å². The van der Waals surface area contributed by atoms with Crippen molar-refractivity contribution in [2.45, 2.75) is 70.6 Å². The molecule has 2 bridgehead atoms. The molecule has 2 aliphatic heterocycles. The lowest BCUT2D eigenvalue weighted by Gasteiger charge is -2.47. The van der Waals surface area contributed by atoms with Crippen molar-refractivity contribution in [3.8, 4) is 12.3 Å². The first kappa shape index (κ1) is 13.3. The summed E-state index contributed by atoms with van der Waals surface area (Å²) in [7, 11) is 0. The van der Waals surface area contributed by atoms with E-state index < -0.39 is 5.60 Å². The largest absolute Gasteiger partial charge is 0.444 e. The minimum Gasteiger partial charge on any atom is -0.444 e. The van der Waals surface area contributed by atoms with Gasteiger partial charge in [-0.25, -0.2) is 4.79 Å². The minimum atomic E-state index is -0.422. The molecule has 0 aromatic heterocycles. The van der Waals surface area contributed by atoms with Gasteiger partial charge in [0.15, 0.2) is 0 Å². The smallest absolute Gasteiger partial charge is 0.410 e. The van der Waals surface area contributed by atoms with Gasteiger partial charge in [-0.05, 0) is 52.9 Å². The number of amides is 1. The summed E-state index contributed by atoms with van der Waals surface area (Å²) in [5.74, 6) is 3.19. The van der Waals surface area contributed by atoms with Crippen molar-refractivity contribution in [2.24, 2.45) is 5.92 Å². The second kappa shape index (κ2) is 4.84. The molecule has 0 aliphatic carbocycles. The Morgan fingerprint density at radius 2 is 1.83 bits per heavy atom. The molecule has 2 saturated heterocycles. The summed E-state index contributed by atoms with van der Waals surface area (Å²) in [6.45, 7) is 5.73. The van der Waals surface area contributed by atoms with Gasteiger partial charge in [0.2, 0.25) is 0 Å². The second-order valence-corrected chi connectivity index (χ2v) is 6.46. The molecular formula is C15H23NO2. The molecule has 0 spiro atoms. The Balaban J connectivity index is 2.09. The van der Waals surface area contributed by atoms with E-state index in [0.29, 0.717) is 5.92 Å². The van der Waals surface area contributed by atoms with Gasteiger partial charge in [-0.3, -0.25) is 0 Å². The topological polar surface area (TPSA) is 29.5 Å². The highest BCUT2D eigenvalue weighted by Gasteiger charge is 2.41. The number of carbonyl (C=O) groups is 1. The minimum absolute atomic E-state index is 0.160. The number of nitrogens with zero attached hydrogens (tertiary/aromatic N) is 1. The lowest BCUT2D eigenvalue weighted by molar-refractivity contribution is -0.0233. The maximum atomic E-state index is 12.3. The van der Waals surface area contributed by atoms with Crippen molar-refractivity contribution in [2.75, 3.05) is 0 Å². The van der Waals surface area contributed by atoms with Crippen molar-refractivity contribution in [3.63, 3.8) is 0 Å². The lowest BCUT2D eigenvalue weighted by Crippen LogP contribution is -2.55. The van der Waals surface area contributed by atoms with Gasteiger partial charge in [0.1, 0.15) is 5.60 Å². The predicted molar refractivity (Wildman–Crippen MR) is 71.1 cm³/mol. The van der Waals surface area contributed by atoms with E-state index in [4.69, 9.17) is 11.2 Å². The molecule has 2 aliphatic rings. The average molecular weight is 249 g/mol. The van der Waals surface area contributed by atoms with Crippen LogP contribution in [-0.4, -0.2) is 28.7 Å².